The summed E-state index contributed by atoms with van der Waals surface area (Å²) in [6, 6.07) is 8.50. The Morgan fingerprint density at radius 3 is 2.42 bits per heavy atom. The molecule has 2 N–H and O–H groups in total. The number of nitrogens with one attached hydrogen (secondary N) is 1. The molecule has 1 heterocycles. The summed E-state index contributed by atoms with van der Waals surface area (Å²) >= 11 is 0. The van der Waals surface area contributed by atoms with E-state index in [2.05, 4.69) is 34.5 Å². The number of nitrogens with zero attached hydrogens (tertiary/aromatic N) is 2. The quantitative estimate of drug-likeness (QED) is 0.818. The molecule has 2 rings (SSSR count). The van der Waals surface area contributed by atoms with Crippen molar-refractivity contribution < 1.29 is 5.11 Å². The van der Waals surface area contributed by atoms with Gasteiger partial charge in [-0.3, -0.25) is 0 Å². The van der Waals surface area contributed by atoms with Gasteiger partial charge < -0.3 is 20.2 Å². The molecule has 1 aliphatic heterocycles. The van der Waals surface area contributed by atoms with Gasteiger partial charge in [-0.05, 0) is 51.2 Å². The first-order chi connectivity index (χ1) is 9.15. The predicted octanol–water partition coefficient (Wildman–Crippen LogP) is 1.62. The maximum absolute atomic E-state index is 9.80. The average Bonchev–Trinajstić information content (AvgIpc) is 2.90. The van der Waals surface area contributed by atoms with Crippen LogP contribution in [-0.2, 0) is 0 Å². The molecule has 1 aromatic rings. The average molecular weight is 263 g/mol. The fourth-order valence-corrected chi connectivity index (χ4v) is 2.49. The zero-order valence-electron chi connectivity index (χ0n) is 12.0. The molecule has 1 aliphatic rings. The largest absolute Gasteiger partial charge is 0.390 e. The first-order valence-corrected chi connectivity index (χ1v) is 7.07. The fraction of sp³-hybridized carbons (Fsp3) is 0.600. The molecule has 106 valence electrons. The minimum absolute atomic E-state index is 0.340. The van der Waals surface area contributed by atoms with Crippen molar-refractivity contribution in [1.29, 1.82) is 0 Å². The number of rotatable bonds is 6. The van der Waals surface area contributed by atoms with E-state index in [1.807, 2.05) is 19.0 Å². The zero-order valence-corrected chi connectivity index (χ0v) is 12.0. The van der Waals surface area contributed by atoms with Crippen LogP contribution >= 0.6 is 0 Å². The first kappa shape index (κ1) is 14.2. The van der Waals surface area contributed by atoms with Crippen LogP contribution in [0.3, 0.4) is 0 Å². The van der Waals surface area contributed by atoms with Crippen molar-refractivity contribution >= 4 is 11.4 Å². The summed E-state index contributed by atoms with van der Waals surface area (Å²) in [5.41, 5.74) is 2.37. The van der Waals surface area contributed by atoms with Gasteiger partial charge in [0, 0.05) is 37.6 Å². The van der Waals surface area contributed by atoms with Crippen LogP contribution in [0.1, 0.15) is 12.8 Å². The molecule has 1 saturated heterocycles. The number of anilines is 2. The SMILES string of the molecule is CN(C)CC(O)CNc1ccc(N2CCCC2)cc1. The van der Waals surface area contributed by atoms with Gasteiger partial charge in [-0.1, -0.05) is 0 Å². The molecule has 0 amide bonds. The van der Waals surface area contributed by atoms with E-state index in [1.165, 1.54) is 31.6 Å². The Morgan fingerprint density at radius 1 is 1.21 bits per heavy atom. The topological polar surface area (TPSA) is 38.7 Å². The third kappa shape index (κ3) is 4.40. The van der Waals surface area contributed by atoms with Gasteiger partial charge in [-0.25, -0.2) is 0 Å². The molecule has 1 aromatic carbocycles. The van der Waals surface area contributed by atoms with Crippen molar-refractivity contribution in [3.8, 4) is 0 Å². The lowest BCUT2D eigenvalue weighted by Gasteiger charge is -2.19. The molecule has 1 unspecified atom stereocenters. The van der Waals surface area contributed by atoms with Crippen molar-refractivity contribution in [3.63, 3.8) is 0 Å². The third-order valence-corrected chi connectivity index (χ3v) is 3.46. The van der Waals surface area contributed by atoms with Crippen LogP contribution in [0.5, 0.6) is 0 Å². The monoisotopic (exact) mass is 263 g/mol. The van der Waals surface area contributed by atoms with Crippen molar-refractivity contribution in [2.45, 2.75) is 18.9 Å². The normalized spacial score (nSPS) is 16.9. The maximum atomic E-state index is 9.80. The molecule has 0 saturated carbocycles. The van der Waals surface area contributed by atoms with Gasteiger partial charge in [0.25, 0.3) is 0 Å². The van der Waals surface area contributed by atoms with E-state index in [-0.39, 0.29) is 6.10 Å². The molecule has 0 spiro atoms. The van der Waals surface area contributed by atoms with Crippen LogP contribution in [0.25, 0.3) is 0 Å². The van der Waals surface area contributed by atoms with Gasteiger partial charge in [0.05, 0.1) is 6.10 Å². The van der Waals surface area contributed by atoms with E-state index in [0.29, 0.717) is 13.1 Å². The summed E-state index contributed by atoms with van der Waals surface area (Å²) in [6.07, 6.45) is 2.27. The second-order valence-electron chi connectivity index (χ2n) is 5.54. The molecule has 1 atom stereocenters. The smallest absolute Gasteiger partial charge is 0.0838 e. The highest BCUT2D eigenvalue weighted by Gasteiger charge is 2.11. The van der Waals surface area contributed by atoms with Crippen molar-refractivity contribution in [1.82, 2.24) is 4.90 Å². The van der Waals surface area contributed by atoms with E-state index in [0.717, 1.165) is 5.69 Å². The van der Waals surface area contributed by atoms with Gasteiger partial charge in [0.2, 0.25) is 0 Å². The lowest BCUT2D eigenvalue weighted by atomic mass is 10.2. The lowest BCUT2D eigenvalue weighted by Crippen LogP contribution is -2.31. The number of aliphatic hydroxyl groups is 1. The number of hydrogen-bond acceptors (Lipinski definition) is 4. The van der Waals surface area contributed by atoms with Crippen LogP contribution in [0.4, 0.5) is 11.4 Å². The van der Waals surface area contributed by atoms with Gasteiger partial charge in [-0.2, -0.15) is 0 Å². The molecule has 4 nitrogen and oxygen atoms in total. The molecular weight excluding hydrogens is 238 g/mol. The molecule has 0 aromatic heterocycles. The Kier molecular flexibility index (Phi) is 5.05. The molecule has 0 aliphatic carbocycles. The molecule has 0 radical (unpaired) electrons. The van der Waals surface area contributed by atoms with Crippen LogP contribution in [0.15, 0.2) is 24.3 Å². The van der Waals surface area contributed by atoms with Crippen molar-refractivity contribution in [2.24, 2.45) is 0 Å². The van der Waals surface area contributed by atoms with Gasteiger partial charge in [0.1, 0.15) is 0 Å². The second kappa shape index (κ2) is 6.78. The minimum atomic E-state index is -0.340. The molecule has 19 heavy (non-hydrogen) atoms. The highest BCUT2D eigenvalue weighted by molar-refractivity contribution is 5.55. The van der Waals surface area contributed by atoms with Gasteiger partial charge >= 0.3 is 0 Å². The van der Waals surface area contributed by atoms with E-state index in [4.69, 9.17) is 0 Å². The summed E-state index contributed by atoms with van der Waals surface area (Å²) in [7, 11) is 3.93. The number of benzene rings is 1. The summed E-state index contributed by atoms with van der Waals surface area (Å²) in [4.78, 5) is 4.41. The van der Waals surface area contributed by atoms with Crippen LogP contribution in [0, 0.1) is 0 Å². The van der Waals surface area contributed by atoms with Crippen LogP contribution in [0.2, 0.25) is 0 Å². The maximum Gasteiger partial charge on any atom is 0.0838 e. The standard InChI is InChI=1S/C15H25N3O/c1-17(2)12-15(19)11-16-13-5-7-14(8-6-13)18-9-3-4-10-18/h5-8,15-16,19H,3-4,9-12H2,1-2H3. The Balaban J connectivity index is 1.81. The number of likely N-dealkylation sites (N-methyl/N-ethyl adjacent to an activating group) is 1. The Labute approximate surface area is 116 Å². The van der Waals surface area contributed by atoms with E-state index in [1.54, 1.807) is 0 Å². The Hall–Kier alpha value is -1.26. The highest BCUT2D eigenvalue weighted by atomic mass is 16.3. The number of aliphatic hydroxyl groups excluding tert-OH is 1. The summed E-state index contributed by atoms with van der Waals surface area (Å²) < 4.78 is 0. The van der Waals surface area contributed by atoms with Crippen LogP contribution in [-0.4, -0.2) is 56.4 Å². The molecule has 4 heteroatoms. The zero-order chi connectivity index (χ0) is 13.7. The molecule has 1 fully saturated rings. The van der Waals surface area contributed by atoms with Crippen molar-refractivity contribution in [3.05, 3.63) is 24.3 Å². The lowest BCUT2D eigenvalue weighted by molar-refractivity contribution is 0.148. The minimum Gasteiger partial charge on any atom is -0.390 e. The van der Waals surface area contributed by atoms with Gasteiger partial charge in [0.15, 0.2) is 0 Å². The summed E-state index contributed by atoms with van der Waals surface area (Å²) in [5.74, 6) is 0. The van der Waals surface area contributed by atoms with Crippen LogP contribution < -0.4 is 10.2 Å². The predicted molar refractivity (Wildman–Crippen MR) is 80.9 cm³/mol. The van der Waals surface area contributed by atoms with E-state index >= 15 is 0 Å². The van der Waals surface area contributed by atoms with Crippen molar-refractivity contribution in [2.75, 3.05) is 50.5 Å². The summed E-state index contributed by atoms with van der Waals surface area (Å²) in [5, 5.41) is 13.1. The fourth-order valence-electron chi connectivity index (χ4n) is 2.49. The molecular formula is C15H25N3O. The second-order valence-corrected chi connectivity index (χ2v) is 5.54. The summed E-state index contributed by atoms with van der Waals surface area (Å²) in [6.45, 7) is 3.61. The third-order valence-electron chi connectivity index (χ3n) is 3.46. The van der Waals surface area contributed by atoms with E-state index in [9.17, 15) is 5.11 Å². The van der Waals surface area contributed by atoms with Gasteiger partial charge in [-0.15, -0.1) is 0 Å². The Morgan fingerprint density at radius 2 is 1.84 bits per heavy atom. The Bertz CT molecular complexity index is 371. The number of hydrogen-bond donors (Lipinski definition) is 2. The highest BCUT2D eigenvalue weighted by Crippen LogP contribution is 2.21. The molecule has 0 bridgehead atoms. The first-order valence-electron chi connectivity index (χ1n) is 7.07. The van der Waals surface area contributed by atoms with E-state index < -0.39 is 0 Å².